The van der Waals surface area contributed by atoms with E-state index in [1.807, 2.05) is 19.1 Å². The maximum absolute atomic E-state index is 11.7. The molecular weight excluding hydrogens is 224 g/mol. The smallest absolute Gasteiger partial charge is 0.232 e. The highest BCUT2D eigenvalue weighted by atomic mass is 35.5. The third-order valence-corrected chi connectivity index (χ3v) is 3.26. The van der Waals surface area contributed by atoms with Crippen LogP contribution in [0.3, 0.4) is 0 Å². The third kappa shape index (κ3) is 1.81. The van der Waals surface area contributed by atoms with Crippen molar-refractivity contribution in [2.45, 2.75) is 25.7 Å². The van der Waals surface area contributed by atoms with Crippen molar-refractivity contribution in [1.82, 2.24) is 0 Å². The van der Waals surface area contributed by atoms with Gasteiger partial charge in [-0.25, -0.2) is 0 Å². The van der Waals surface area contributed by atoms with Crippen LogP contribution in [0.2, 0.25) is 5.02 Å². The zero-order valence-electron chi connectivity index (χ0n) is 9.22. The van der Waals surface area contributed by atoms with Gasteiger partial charge in [-0.2, -0.15) is 0 Å². The van der Waals surface area contributed by atoms with Gasteiger partial charge in [-0.15, -0.1) is 0 Å². The van der Waals surface area contributed by atoms with Crippen LogP contribution in [-0.4, -0.2) is 12.5 Å². The Hall–Kier alpha value is -1.06. The van der Waals surface area contributed by atoms with E-state index in [9.17, 15) is 4.79 Å². The minimum absolute atomic E-state index is 0.0456. The van der Waals surface area contributed by atoms with E-state index in [1.165, 1.54) is 0 Å². The molecule has 1 unspecified atom stereocenters. The first-order valence-electron chi connectivity index (χ1n) is 5.50. The number of benzene rings is 1. The van der Waals surface area contributed by atoms with Crippen molar-refractivity contribution in [3.63, 3.8) is 0 Å². The Bertz CT molecular complexity index is 431. The number of rotatable bonds is 3. The van der Waals surface area contributed by atoms with Crippen molar-refractivity contribution in [2.75, 3.05) is 11.9 Å². The number of halogens is 1. The zero-order chi connectivity index (χ0) is 11.7. The summed E-state index contributed by atoms with van der Waals surface area (Å²) in [5.41, 5.74) is 8.42. The van der Waals surface area contributed by atoms with Gasteiger partial charge in [-0.05, 0) is 36.6 Å². The first kappa shape index (κ1) is 11.4. The molecule has 3 N–H and O–H groups in total. The van der Waals surface area contributed by atoms with E-state index in [0.29, 0.717) is 11.6 Å². The highest BCUT2D eigenvalue weighted by Gasteiger charge is 2.30. The summed E-state index contributed by atoms with van der Waals surface area (Å²) in [7, 11) is 0. The lowest BCUT2D eigenvalue weighted by molar-refractivity contribution is -0.117. The SMILES string of the molecule is CCC1C(=O)Nc2c(Cl)cc(CCN)cc21. The molecule has 1 heterocycles. The first-order valence-corrected chi connectivity index (χ1v) is 5.88. The lowest BCUT2D eigenvalue weighted by Gasteiger charge is -2.08. The lowest BCUT2D eigenvalue weighted by Crippen LogP contribution is -2.10. The van der Waals surface area contributed by atoms with Crippen molar-refractivity contribution in [2.24, 2.45) is 5.73 Å². The van der Waals surface area contributed by atoms with Crippen LogP contribution in [0.4, 0.5) is 5.69 Å². The van der Waals surface area contributed by atoms with E-state index < -0.39 is 0 Å². The number of fused-ring (bicyclic) bond motifs is 1. The quantitative estimate of drug-likeness (QED) is 0.849. The van der Waals surface area contributed by atoms with Crippen LogP contribution in [0.15, 0.2) is 12.1 Å². The Morgan fingerprint density at radius 3 is 2.88 bits per heavy atom. The summed E-state index contributed by atoms with van der Waals surface area (Å²) >= 11 is 6.14. The Morgan fingerprint density at radius 1 is 1.50 bits per heavy atom. The summed E-state index contributed by atoms with van der Waals surface area (Å²) in [5.74, 6) is -0.0190. The fourth-order valence-corrected chi connectivity index (χ4v) is 2.46. The molecule has 1 aliphatic rings. The van der Waals surface area contributed by atoms with Gasteiger partial charge in [0.25, 0.3) is 0 Å². The number of nitrogens with two attached hydrogens (primary N) is 1. The van der Waals surface area contributed by atoms with Crippen molar-refractivity contribution >= 4 is 23.2 Å². The summed E-state index contributed by atoms with van der Waals surface area (Å²) in [4.78, 5) is 11.7. The van der Waals surface area contributed by atoms with Crippen LogP contribution in [0.25, 0.3) is 0 Å². The van der Waals surface area contributed by atoms with Crippen LogP contribution in [0.5, 0.6) is 0 Å². The van der Waals surface area contributed by atoms with E-state index in [-0.39, 0.29) is 11.8 Å². The summed E-state index contributed by atoms with van der Waals surface area (Å²) in [6, 6.07) is 3.92. The van der Waals surface area contributed by atoms with Gasteiger partial charge in [0.05, 0.1) is 16.6 Å². The predicted octanol–water partition coefficient (Wildman–Crippen LogP) is 2.29. The molecule has 1 atom stereocenters. The molecule has 0 saturated carbocycles. The van der Waals surface area contributed by atoms with Gasteiger partial charge in [0, 0.05) is 0 Å². The van der Waals surface area contributed by atoms with Crippen molar-refractivity contribution < 1.29 is 4.79 Å². The molecule has 0 spiro atoms. The van der Waals surface area contributed by atoms with Crippen LogP contribution in [-0.2, 0) is 11.2 Å². The molecular formula is C12H15ClN2O. The van der Waals surface area contributed by atoms with Gasteiger partial charge < -0.3 is 11.1 Å². The second kappa shape index (κ2) is 4.44. The van der Waals surface area contributed by atoms with Crippen molar-refractivity contribution in [3.8, 4) is 0 Å². The molecule has 2 rings (SSSR count). The zero-order valence-corrected chi connectivity index (χ0v) is 9.97. The van der Waals surface area contributed by atoms with Gasteiger partial charge in [0.15, 0.2) is 0 Å². The molecule has 86 valence electrons. The normalized spacial score (nSPS) is 18.4. The van der Waals surface area contributed by atoms with Gasteiger partial charge in [-0.3, -0.25) is 4.79 Å². The molecule has 0 radical (unpaired) electrons. The lowest BCUT2D eigenvalue weighted by atomic mass is 9.95. The van der Waals surface area contributed by atoms with Gasteiger partial charge in [-0.1, -0.05) is 24.6 Å². The number of hydrogen-bond acceptors (Lipinski definition) is 2. The predicted molar refractivity (Wildman–Crippen MR) is 65.9 cm³/mol. The van der Waals surface area contributed by atoms with Gasteiger partial charge in [0.2, 0.25) is 5.91 Å². The molecule has 4 heteroatoms. The number of carbonyl (C=O) groups excluding carboxylic acids is 1. The van der Waals surface area contributed by atoms with Crippen LogP contribution in [0, 0.1) is 0 Å². The average Bonchev–Trinajstić information content (AvgIpc) is 2.55. The molecule has 16 heavy (non-hydrogen) atoms. The van der Waals surface area contributed by atoms with Gasteiger partial charge >= 0.3 is 0 Å². The largest absolute Gasteiger partial charge is 0.330 e. The molecule has 1 aromatic rings. The minimum atomic E-state index is -0.0646. The summed E-state index contributed by atoms with van der Waals surface area (Å²) < 4.78 is 0. The van der Waals surface area contributed by atoms with E-state index >= 15 is 0 Å². The summed E-state index contributed by atoms with van der Waals surface area (Å²) in [6.07, 6.45) is 1.58. The summed E-state index contributed by atoms with van der Waals surface area (Å²) in [6.45, 7) is 2.59. The highest BCUT2D eigenvalue weighted by Crippen LogP contribution is 2.40. The van der Waals surface area contributed by atoms with Crippen molar-refractivity contribution in [3.05, 3.63) is 28.3 Å². The number of hydrogen-bond donors (Lipinski definition) is 2. The van der Waals surface area contributed by atoms with E-state index in [1.54, 1.807) is 0 Å². The Labute approximate surface area is 100.0 Å². The van der Waals surface area contributed by atoms with Crippen molar-refractivity contribution in [1.29, 1.82) is 0 Å². The Morgan fingerprint density at radius 2 is 2.25 bits per heavy atom. The fourth-order valence-electron chi connectivity index (χ4n) is 2.16. The third-order valence-electron chi connectivity index (χ3n) is 2.96. The average molecular weight is 239 g/mol. The van der Waals surface area contributed by atoms with Crippen LogP contribution < -0.4 is 11.1 Å². The minimum Gasteiger partial charge on any atom is -0.330 e. The fraction of sp³-hybridized carbons (Fsp3) is 0.417. The number of amides is 1. The second-order valence-corrected chi connectivity index (χ2v) is 4.44. The van der Waals surface area contributed by atoms with Crippen LogP contribution in [0.1, 0.15) is 30.4 Å². The second-order valence-electron chi connectivity index (χ2n) is 4.03. The number of anilines is 1. The molecule has 0 bridgehead atoms. The highest BCUT2D eigenvalue weighted by molar-refractivity contribution is 6.34. The molecule has 0 aliphatic carbocycles. The molecule has 0 fully saturated rings. The Kier molecular flexibility index (Phi) is 3.17. The number of nitrogens with one attached hydrogen (secondary N) is 1. The summed E-state index contributed by atoms with van der Waals surface area (Å²) in [5, 5.41) is 3.45. The monoisotopic (exact) mass is 238 g/mol. The van der Waals surface area contributed by atoms with Crippen LogP contribution >= 0.6 is 11.6 Å². The Balaban J connectivity index is 2.46. The topological polar surface area (TPSA) is 55.1 Å². The molecule has 1 aromatic carbocycles. The standard InChI is InChI=1S/C12H15ClN2O/c1-2-8-9-5-7(3-4-14)6-10(13)11(9)15-12(8)16/h5-6,8H,2-4,14H2,1H3,(H,15,16). The van der Waals surface area contributed by atoms with E-state index in [2.05, 4.69) is 5.32 Å². The maximum atomic E-state index is 11.7. The number of carbonyl (C=O) groups is 1. The first-order chi connectivity index (χ1) is 7.67. The van der Waals surface area contributed by atoms with E-state index in [4.69, 9.17) is 17.3 Å². The van der Waals surface area contributed by atoms with Gasteiger partial charge in [0.1, 0.15) is 0 Å². The molecule has 1 aliphatic heterocycles. The molecule has 3 nitrogen and oxygen atoms in total. The molecule has 0 saturated heterocycles. The van der Waals surface area contributed by atoms with E-state index in [0.717, 1.165) is 29.7 Å². The molecule has 0 aromatic heterocycles. The molecule has 1 amide bonds. The maximum Gasteiger partial charge on any atom is 0.232 e.